The van der Waals surface area contributed by atoms with Crippen LogP contribution >= 0.6 is 11.6 Å². The summed E-state index contributed by atoms with van der Waals surface area (Å²) in [6.45, 7) is 9.94. The summed E-state index contributed by atoms with van der Waals surface area (Å²) in [4.78, 5) is 26.1. The normalized spacial score (nSPS) is 10.8. The van der Waals surface area contributed by atoms with Crippen molar-refractivity contribution >= 4 is 34.8 Å². The van der Waals surface area contributed by atoms with Crippen molar-refractivity contribution in [2.45, 2.75) is 47.0 Å². The first-order valence-corrected chi connectivity index (χ1v) is 9.51. The van der Waals surface area contributed by atoms with Crippen molar-refractivity contribution < 1.29 is 9.59 Å². The molecule has 5 heteroatoms. The van der Waals surface area contributed by atoms with Gasteiger partial charge in [-0.2, -0.15) is 0 Å². The van der Waals surface area contributed by atoms with E-state index in [-0.39, 0.29) is 18.2 Å². The lowest BCUT2D eigenvalue weighted by Gasteiger charge is -2.22. The molecule has 0 aliphatic rings. The average molecular weight is 387 g/mol. The summed E-state index contributed by atoms with van der Waals surface area (Å²) in [5.74, 6) is 0.164. The number of rotatable bonds is 6. The van der Waals surface area contributed by atoms with Crippen LogP contribution in [0.3, 0.4) is 0 Å². The Kier molecular flexibility index (Phi) is 7.03. The van der Waals surface area contributed by atoms with E-state index in [0.29, 0.717) is 23.2 Å². The van der Waals surface area contributed by atoms with Crippen LogP contribution in [0.15, 0.2) is 36.4 Å². The van der Waals surface area contributed by atoms with E-state index in [2.05, 4.69) is 19.2 Å². The smallest absolute Gasteiger partial charge is 0.226 e. The Hall–Kier alpha value is -2.33. The summed E-state index contributed by atoms with van der Waals surface area (Å²) in [5, 5.41) is 3.39. The van der Waals surface area contributed by atoms with Gasteiger partial charge >= 0.3 is 0 Å². The molecule has 2 aromatic carbocycles. The summed E-state index contributed by atoms with van der Waals surface area (Å²) < 4.78 is 0. The number of halogens is 1. The van der Waals surface area contributed by atoms with Crippen LogP contribution in [-0.2, 0) is 9.59 Å². The van der Waals surface area contributed by atoms with Crippen LogP contribution in [0.4, 0.5) is 11.4 Å². The van der Waals surface area contributed by atoms with E-state index in [1.54, 1.807) is 4.90 Å². The predicted octanol–water partition coefficient (Wildman–Crippen LogP) is 5.46. The van der Waals surface area contributed by atoms with Crippen molar-refractivity contribution in [2.24, 2.45) is 0 Å². The monoisotopic (exact) mass is 386 g/mol. The molecule has 2 rings (SSSR count). The molecule has 27 heavy (non-hydrogen) atoms. The SMILES string of the molecule is CC(=O)N(CCC(=O)Nc1c(C)cc(C)cc1Cl)c1ccc(C(C)C)cc1. The minimum atomic E-state index is -0.172. The highest BCUT2D eigenvalue weighted by molar-refractivity contribution is 6.34. The first-order valence-electron chi connectivity index (χ1n) is 9.13. The molecule has 0 unspecified atom stereocenters. The number of carbonyl (C=O) groups is 2. The topological polar surface area (TPSA) is 49.4 Å². The van der Waals surface area contributed by atoms with Gasteiger partial charge in [0.25, 0.3) is 0 Å². The predicted molar refractivity (Wildman–Crippen MR) is 113 cm³/mol. The van der Waals surface area contributed by atoms with Crippen LogP contribution in [0.1, 0.15) is 49.8 Å². The second-order valence-electron chi connectivity index (χ2n) is 7.15. The van der Waals surface area contributed by atoms with Gasteiger partial charge in [0.1, 0.15) is 0 Å². The third kappa shape index (κ3) is 5.57. The Morgan fingerprint density at radius 1 is 1.11 bits per heavy atom. The van der Waals surface area contributed by atoms with Crippen molar-refractivity contribution in [1.82, 2.24) is 0 Å². The lowest BCUT2D eigenvalue weighted by Crippen LogP contribution is -2.32. The maximum atomic E-state index is 12.4. The lowest BCUT2D eigenvalue weighted by atomic mass is 10.0. The van der Waals surface area contributed by atoms with Gasteiger partial charge in [0.15, 0.2) is 0 Å². The number of carbonyl (C=O) groups excluding carboxylic acids is 2. The van der Waals surface area contributed by atoms with Gasteiger partial charge in [-0.3, -0.25) is 9.59 Å². The molecule has 0 fully saturated rings. The third-order valence-corrected chi connectivity index (χ3v) is 4.81. The molecule has 0 saturated carbocycles. The van der Waals surface area contributed by atoms with E-state index in [4.69, 9.17) is 11.6 Å². The van der Waals surface area contributed by atoms with Crippen LogP contribution < -0.4 is 10.2 Å². The molecule has 0 atom stereocenters. The second-order valence-corrected chi connectivity index (χ2v) is 7.56. The molecule has 0 aromatic heterocycles. The van der Waals surface area contributed by atoms with Gasteiger partial charge < -0.3 is 10.2 Å². The number of nitrogens with one attached hydrogen (secondary N) is 1. The summed E-state index contributed by atoms with van der Waals surface area (Å²) in [5.41, 5.74) is 4.60. The van der Waals surface area contributed by atoms with Crippen molar-refractivity contribution in [3.05, 3.63) is 58.1 Å². The maximum absolute atomic E-state index is 12.4. The highest BCUT2D eigenvalue weighted by Crippen LogP contribution is 2.27. The molecule has 1 N–H and O–H groups in total. The highest BCUT2D eigenvalue weighted by Gasteiger charge is 2.15. The molecule has 0 aliphatic heterocycles. The molecule has 0 bridgehead atoms. The minimum Gasteiger partial charge on any atom is -0.324 e. The van der Waals surface area contributed by atoms with Crippen LogP contribution in [0, 0.1) is 13.8 Å². The molecule has 2 aromatic rings. The summed E-state index contributed by atoms with van der Waals surface area (Å²) in [6.07, 6.45) is 0.190. The van der Waals surface area contributed by atoms with Crippen molar-refractivity contribution in [1.29, 1.82) is 0 Å². The molecule has 144 valence electrons. The van der Waals surface area contributed by atoms with Crippen LogP contribution in [0.2, 0.25) is 5.02 Å². The Bertz CT molecular complexity index is 806. The van der Waals surface area contributed by atoms with E-state index < -0.39 is 0 Å². The minimum absolute atomic E-state index is 0.0929. The third-order valence-electron chi connectivity index (χ3n) is 4.51. The molecule has 0 spiro atoms. The fraction of sp³-hybridized carbons (Fsp3) is 0.364. The number of anilines is 2. The fourth-order valence-corrected chi connectivity index (χ4v) is 3.37. The second kappa shape index (κ2) is 9.05. The Morgan fingerprint density at radius 3 is 2.26 bits per heavy atom. The molecule has 0 radical (unpaired) electrons. The molecule has 0 aliphatic carbocycles. The van der Waals surface area contributed by atoms with Gasteiger partial charge in [-0.15, -0.1) is 0 Å². The van der Waals surface area contributed by atoms with E-state index in [1.807, 2.05) is 50.2 Å². The quantitative estimate of drug-likeness (QED) is 0.716. The Labute approximate surface area is 166 Å². The van der Waals surface area contributed by atoms with Gasteiger partial charge in [0.05, 0.1) is 10.7 Å². The van der Waals surface area contributed by atoms with Crippen LogP contribution in [0.5, 0.6) is 0 Å². The fourth-order valence-electron chi connectivity index (χ4n) is 3.00. The highest BCUT2D eigenvalue weighted by atomic mass is 35.5. The zero-order valence-electron chi connectivity index (χ0n) is 16.6. The van der Waals surface area contributed by atoms with Crippen LogP contribution in [-0.4, -0.2) is 18.4 Å². The summed E-state index contributed by atoms with van der Waals surface area (Å²) >= 11 is 6.25. The van der Waals surface area contributed by atoms with Crippen LogP contribution in [0.25, 0.3) is 0 Å². The van der Waals surface area contributed by atoms with Crippen molar-refractivity contribution in [2.75, 3.05) is 16.8 Å². The Morgan fingerprint density at radius 2 is 1.74 bits per heavy atom. The molecular formula is C22H27ClN2O2. The van der Waals surface area contributed by atoms with Gasteiger partial charge in [0.2, 0.25) is 11.8 Å². The number of nitrogens with zero attached hydrogens (tertiary/aromatic N) is 1. The number of hydrogen-bond acceptors (Lipinski definition) is 2. The van der Waals surface area contributed by atoms with Gasteiger partial charge in [-0.1, -0.05) is 43.6 Å². The molecule has 0 saturated heterocycles. The van der Waals surface area contributed by atoms with Gasteiger partial charge in [0, 0.05) is 25.6 Å². The van der Waals surface area contributed by atoms with E-state index in [1.165, 1.54) is 12.5 Å². The van der Waals surface area contributed by atoms with E-state index >= 15 is 0 Å². The number of aryl methyl sites for hydroxylation is 2. The standard InChI is InChI=1S/C22H27ClN2O2/c1-14(2)18-6-8-19(9-7-18)25(17(5)26)11-10-21(27)24-22-16(4)12-15(3)13-20(22)23/h6-9,12-14H,10-11H2,1-5H3,(H,24,27). The van der Waals surface area contributed by atoms with Crippen molar-refractivity contribution in [3.63, 3.8) is 0 Å². The summed E-state index contributed by atoms with van der Waals surface area (Å²) in [7, 11) is 0. The maximum Gasteiger partial charge on any atom is 0.226 e. The first-order chi connectivity index (χ1) is 12.7. The molecule has 2 amide bonds. The summed E-state index contributed by atoms with van der Waals surface area (Å²) in [6, 6.07) is 11.7. The number of hydrogen-bond donors (Lipinski definition) is 1. The molecule has 4 nitrogen and oxygen atoms in total. The van der Waals surface area contributed by atoms with Gasteiger partial charge in [-0.05, 0) is 54.7 Å². The van der Waals surface area contributed by atoms with Gasteiger partial charge in [-0.25, -0.2) is 0 Å². The van der Waals surface area contributed by atoms with E-state index in [9.17, 15) is 9.59 Å². The zero-order chi connectivity index (χ0) is 20.1. The molecular weight excluding hydrogens is 360 g/mol. The largest absolute Gasteiger partial charge is 0.324 e. The average Bonchev–Trinajstić information content (AvgIpc) is 2.58. The Balaban J connectivity index is 2.05. The van der Waals surface area contributed by atoms with Crippen molar-refractivity contribution in [3.8, 4) is 0 Å². The number of amides is 2. The molecule has 0 heterocycles. The first kappa shape index (κ1) is 21.0. The van der Waals surface area contributed by atoms with E-state index in [0.717, 1.165) is 16.8 Å². The lowest BCUT2D eigenvalue weighted by molar-refractivity contribution is -0.117. The number of benzene rings is 2. The zero-order valence-corrected chi connectivity index (χ0v) is 17.4.